The number of nitrogens with one attached hydrogen (secondary N) is 1. The molecule has 0 amide bonds. The lowest BCUT2D eigenvalue weighted by atomic mass is 9.93. The standard InChI is InChI=1S/C12H23NO/c1-12(2)9-11(7-8-14-12)13-10-5-3-4-6-10/h10-11,13H,3-9H2,1-2H3. The van der Waals surface area contributed by atoms with E-state index in [1.165, 1.54) is 38.5 Å². The van der Waals surface area contributed by atoms with E-state index in [1.807, 2.05) is 0 Å². The third-order valence-electron chi connectivity index (χ3n) is 3.52. The minimum Gasteiger partial charge on any atom is -0.375 e. The van der Waals surface area contributed by atoms with Crippen LogP contribution < -0.4 is 5.32 Å². The second kappa shape index (κ2) is 4.19. The topological polar surface area (TPSA) is 21.3 Å². The third kappa shape index (κ3) is 2.71. The van der Waals surface area contributed by atoms with Gasteiger partial charge in [0, 0.05) is 18.7 Å². The Hall–Kier alpha value is -0.0800. The summed E-state index contributed by atoms with van der Waals surface area (Å²) in [7, 11) is 0. The maximum absolute atomic E-state index is 5.72. The molecule has 1 unspecified atom stereocenters. The molecule has 0 spiro atoms. The molecule has 2 aliphatic rings. The van der Waals surface area contributed by atoms with Gasteiger partial charge in [-0.2, -0.15) is 0 Å². The van der Waals surface area contributed by atoms with E-state index in [9.17, 15) is 0 Å². The van der Waals surface area contributed by atoms with Crippen molar-refractivity contribution >= 4 is 0 Å². The average molecular weight is 197 g/mol. The van der Waals surface area contributed by atoms with Crippen molar-refractivity contribution < 1.29 is 4.74 Å². The summed E-state index contributed by atoms with van der Waals surface area (Å²) in [4.78, 5) is 0. The van der Waals surface area contributed by atoms with Crippen LogP contribution in [-0.2, 0) is 4.74 Å². The van der Waals surface area contributed by atoms with Crippen molar-refractivity contribution in [1.82, 2.24) is 5.32 Å². The Labute approximate surface area is 87.4 Å². The summed E-state index contributed by atoms with van der Waals surface area (Å²) >= 11 is 0. The van der Waals surface area contributed by atoms with Crippen molar-refractivity contribution in [1.29, 1.82) is 0 Å². The fourth-order valence-electron chi connectivity index (χ4n) is 2.80. The van der Waals surface area contributed by atoms with E-state index in [1.54, 1.807) is 0 Å². The quantitative estimate of drug-likeness (QED) is 0.734. The Morgan fingerprint density at radius 2 is 1.79 bits per heavy atom. The third-order valence-corrected chi connectivity index (χ3v) is 3.52. The number of hydrogen-bond donors (Lipinski definition) is 1. The van der Waals surface area contributed by atoms with Gasteiger partial charge < -0.3 is 10.1 Å². The summed E-state index contributed by atoms with van der Waals surface area (Å²) in [5.41, 5.74) is 0.0918. The molecule has 2 rings (SSSR count). The fraction of sp³-hybridized carbons (Fsp3) is 1.00. The molecule has 0 bridgehead atoms. The molecule has 0 radical (unpaired) electrons. The van der Waals surface area contributed by atoms with E-state index < -0.39 is 0 Å². The highest BCUT2D eigenvalue weighted by Gasteiger charge is 2.30. The molecule has 2 fully saturated rings. The average Bonchev–Trinajstić information content (AvgIpc) is 2.54. The van der Waals surface area contributed by atoms with Crippen LogP contribution in [-0.4, -0.2) is 24.3 Å². The van der Waals surface area contributed by atoms with Gasteiger partial charge in [-0.1, -0.05) is 12.8 Å². The van der Waals surface area contributed by atoms with E-state index in [0.29, 0.717) is 6.04 Å². The fourth-order valence-corrected chi connectivity index (χ4v) is 2.80. The van der Waals surface area contributed by atoms with Crippen molar-refractivity contribution in [2.24, 2.45) is 0 Å². The van der Waals surface area contributed by atoms with E-state index in [0.717, 1.165) is 12.6 Å². The molecule has 0 aromatic rings. The molecular formula is C12H23NO. The van der Waals surface area contributed by atoms with Crippen molar-refractivity contribution in [2.45, 2.75) is 70.1 Å². The van der Waals surface area contributed by atoms with Crippen molar-refractivity contribution in [2.75, 3.05) is 6.61 Å². The van der Waals surface area contributed by atoms with Gasteiger partial charge in [0.25, 0.3) is 0 Å². The molecule has 1 aliphatic carbocycles. The number of hydrogen-bond acceptors (Lipinski definition) is 2. The van der Waals surface area contributed by atoms with E-state index >= 15 is 0 Å². The zero-order chi connectivity index (χ0) is 10.0. The van der Waals surface area contributed by atoms with Gasteiger partial charge in [0.05, 0.1) is 5.60 Å². The molecule has 2 heteroatoms. The summed E-state index contributed by atoms with van der Waals surface area (Å²) in [6.07, 6.45) is 7.98. The van der Waals surface area contributed by atoms with Crippen LogP contribution in [0.5, 0.6) is 0 Å². The predicted octanol–water partition coefficient (Wildman–Crippen LogP) is 2.48. The van der Waals surface area contributed by atoms with Gasteiger partial charge in [-0.25, -0.2) is 0 Å². The molecule has 2 nitrogen and oxygen atoms in total. The summed E-state index contributed by atoms with van der Waals surface area (Å²) in [6.45, 7) is 5.34. The van der Waals surface area contributed by atoms with E-state index in [2.05, 4.69) is 19.2 Å². The molecule has 0 aromatic carbocycles. The summed E-state index contributed by atoms with van der Waals surface area (Å²) in [5.74, 6) is 0. The molecule has 1 aliphatic heterocycles. The molecule has 82 valence electrons. The van der Waals surface area contributed by atoms with Gasteiger partial charge in [-0.15, -0.1) is 0 Å². The maximum atomic E-state index is 5.72. The minimum atomic E-state index is 0.0918. The first-order chi connectivity index (χ1) is 6.66. The van der Waals surface area contributed by atoms with Gasteiger partial charge in [-0.3, -0.25) is 0 Å². The minimum absolute atomic E-state index is 0.0918. The molecule has 1 heterocycles. The van der Waals surface area contributed by atoms with Gasteiger partial charge >= 0.3 is 0 Å². The highest BCUT2D eigenvalue weighted by Crippen LogP contribution is 2.26. The van der Waals surface area contributed by atoms with Crippen LogP contribution in [0.2, 0.25) is 0 Å². The Bertz CT molecular complexity index is 185. The lowest BCUT2D eigenvalue weighted by Crippen LogP contribution is -2.46. The van der Waals surface area contributed by atoms with Crippen LogP contribution in [0.1, 0.15) is 52.4 Å². The number of ether oxygens (including phenoxy) is 1. The van der Waals surface area contributed by atoms with Crippen LogP contribution in [0.15, 0.2) is 0 Å². The lowest BCUT2D eigenvalue weighted by molar-refractivity contribution is -0.0640. The van der Waals surface area contributed by atoms with Crippen LogP contribution in [0.4, 0.5) is 0 Å². The SMILES string of the molecule is CC1(C)CC(NC2CCCC2)CCO1. The number of rotatable bonds is 2. The van der Waals surface area contributed by atoms with E-state index in [4.69, 9.17) is 4.74 Å². The van der Waals surface area contributed by atoms with Crippen LogP contribution in [0.25, 0.3) is 0 Å². The van der Waals surface area contributed by atoms with Crippen molar-refractivity contribution in [3.8, 4) is 0 Å². The molecule has 1 N–H and O–H groups in total. The molecule has 0 aromatic heterocycles. The highest BCUT2D eigenvalue weighted by molar-refractivity contribution is 4.86. The first-order valence-corrected chi connectivity index (χ1v) is 6.06. The second-order valence-corrected chi connectivity index (χ2v) is 5.45. The van der Waals surface area contributed by atoms with Crippen LogP contribution in [0, 0.1) is 0 Å². The maximum Gasteiger partial charge on any atom is 0.0641 e. The first kappa shape index (κ1) is 10.4. The van der Waals surface area contributed by atoms with Crippen molar-refractivity contribution in [3.05, 3.63) is 0 Å². The van der Waals surface area contributed by atoms with Gasteiger partial charge in [0.1, 0.15) is 0 Å². The molecular weight excluding hydrogens is 174 g/mol. The van der Waals surface area contributed by atoms with Crippen LogP contribution in [0.3, 0.4) is 0 Å². The second-order valence-electron chi connectivity index (χ2n) is 5.45. The zero-order valence-electron chi connectivity index (χ0n) is 9.51. The first-order valence-electron chi connectivity index (χ1n) is 6.06. The Morgan fingerprint density at radius 1 is 1.07 bits per heavy atom. The summed E-state index contributed by atoms with van der Waals surface area (Å²) in [5, 5.41) is 3.79. The van der Waals surface area contributed by atoms with Crippen molar-refractivity contribution in [3.63, 3.8) is 0 Å². The highest BCUT2D eigenvalue weighted by atomic mass is 16.5. The Morgan fingerprint density at radius 3 is 2.43 bits per heavy atom. The summed E-state index contributed by atoms with van der Waals surface area (Å²) < 4.78 is 5.72. The van der Waals surface area contributed by atoms with Gasteiger partial charge in [0.15, 0.2) is 0 Å². The Balaban J connectivity index is 1.79. The molecule has 14 heavy (non-hydrogen) atoms. The molecule has 1 saturated carbocycles. The predicted molar refractivity (Wildman–Crippen MR) is 58.4 cm³/mol. The molecule has 1 saturated heterocycles. The van der Waals surface area contributed by atoms with Crippen LogP contribution >= 0.6 is 0 Å². The summed E-state index contributed by atoms with van der Waals surface area (Å²) in [6, 6.07) is 1.50. The normalized spacial score (nSPS) is 33.4. The monoisotopic (exact) mass is 197 g/mol. The van der Waals surface area contributed by atoms with E-state index in [-0.39, 0.29) is 5.60 Å². The van der Waals surface area contributed by atoms with Gasteiger partial charge in [0.2, 0.25) is 0 Å². The zero-order valence-corrected chi connectivity index (χ0v) is 9.51. The van der Waals surface area contributed by atoms with Gasteiger partial charge in [-0.05, 0) is 39.5 Å². The molecule has 1 atom stereocenters. The lowest BCUT2D eigenvalue weighted by Gasteiger charge is -2.37. The Kier molecular flexibility index (Phi) is 3.13. The smallest absolute Gasteiger partial charge is 0.0641 e. The largest absolute Gasteiger partial charge is 0.375 e.